The molecule has 25 heavy (non-hydrogen) atoms. The fourth-order valence-electron chi connectivity index (χ4n) is 3.11. The maximum atomic E-state index is 13.2. The molecule has 0 N–H and O–H groups in total. The third-order valence-electron chi connectivity index (χ3n) is 4.45. The van der Waals surface area contributed by atoms with E-state index in [4.69, 9.17) is 4.74 Å². The molecular weight excluding hydrogens is 317 g/mol. The number of hydrogen-bond donors (Lipinski definition) is 0. The number of halogens is 1. The van der Waals surface area contributed by atoms with E-state index < -0.39 is 0 Å². The van der Waals surface area contributed by atoms with Crippen LogP contribution in [-0.4, -0.2) is 34.1 Å². The molecule has 0 aliphatic carbocycles. The van der Waals surface area contributed by atoms with Crippen LogP contribution in [0.4, 0.5) is 4.39 Å². The summed E-state index contributed by atoms with van der Waals surface area (Å²) in [6.07, 6.45) is 6.32. The van der Waals surface area contributed by atoms with Crippen molar-refractivity contribution in [2.45, 2.75) is 51.8 Å². The molecule has 1 saturated heterocycles. The molecule has 0 radical (unpaired) electrons. The smallest absolute Gasteiger partial charge is 0.130 e. The third-order valence-corrected chi connectivity index (χ3v) is 4.45. The molecule has 2 aromatic rings. The van der Waals surface area contributed by atoms with Crippen LogP contribution in [0.15, 0.2) is 36.7 Å². The first-order valence-electron chi connectivity index (χ1n) is 8.99. The summed E-state index contributed by atoms with van der Waals surface area (Å²) < 4.78 is 18.9. The van der Waals surface area contributed by atoms with Crippen LogP contribution in [0, 0.1) is 5.82 Å². The van der Waals surface area contributed by atoms with Gasteiger partial charge in [-0.15, -0.1) is 0 Å². The molecule has 0 amide bonds. The van der Waals surface area contributed by atoms with Crippen molar-refractivity contribution in [1.29, 1.82) is 0 Å². The lowest BCUT2D eigenvalue weighted by molar-refractivity contribution is 0.0678. The monoisotopic (exact) mass is 343 g/mol. The zero-order chi connectivity index (χ0) is 17.6. The van der Waals surface area contributed by atoms with Crippen molar-refractivity contribution in [1.82, 2.24) is 14.9 Å². The van der Waals surface area contributed by atoms with E-state index in [1.165, 1.54) is 12.1 Å². The van der Waals surface area contributed by atoms with Gasteiger partial charge in [-0.1, -0.05) is 26.0 Å². The van der Waals surface area contributed by atoms with Gasteiger partial charge < -0.3 is 4.74 Å². The molecule has 1 aliphatic heterocycles. The number of benzene rings is 1. The van der Waals surface area contributed by atoms with Gasteiger partial charge in [0.05, 0.1) is 6.10 Å². The minimum Gasteiger partial charge on any atom is -0.377 e. The lowest BCUT2D eigenvalue weighted by Crippen LogP contribution is -2.31. The van der Waals surface area contributed by atoms with Gasteiger partial charge in [0.15, 0.2) is 0 Å². The second kappa shape index (κ2) is 8.50. The molecule has 4 nitrogen and oxygen atoms in total. The zero-order valence-corrected chi connectivity index (χ0v) is 15.0. The Morgan fingerprint density at radius 1 is 1.12 bits per heavy atom. The van der Waals surface area contributed by atoms with Gasteiger partial charge in [0.25, 0.3) is 0 Å². The average molecular weight is 343 g/mol. The fourth-order valence-corrected chi connectivity index (χ4v) is 3.11. The number of rotatable bonds is 7. The van der Waals surface area contributed by atoms with Crippen molar-refractivity contribution in [3.05, 3.63) is 59.4 Å². The minimum absolute atomic E-state index is 0.202. The largest absolute Gasteiger partial charge is 0.377 e. The van der Waals surface area contributed by atoms with E-state index in [-0.39, 0.29) is 11.9 Å². The molecule has 5 heteroatoms. The van der Waals surface area contributed by atoms with E-state index in [2.05, 4.69) is 28.7 Å². The molecule has 1 fully saturated rings. The summed E-state index contributed by atoms with van der Waals surface area (Å²) in [4.78, 5) is 11.3. The molecule has 0 spiro atoms. The highest BCUT2D eigenvalue weighted by Crippen LogP contribution is 2.17. The van der Waals surface area contributed by atoms with Crippen molar-refractivity contribution in [3.63, 3.8) is 0 Å². The van der Waals surface area contributed by atoms with E-state index in [0.717, 1.165) is 56.0 Å². The molecule has 1 aromatic heterocycles. The predicted molar refractivity (Wildman–Crippen MR) is 95.6 cm³/mol. The summed E-state index contributed by atoms with van der Waals surface area (Å²) in [6, 6.07) is 6.71. The first-order chi connectivity index (χ1) is 12.1. The Kier molecular flexibility index (Phi) is 6.10. The molecule has 1 aliphatic rings. The summed E-state index contributed by atoms with van der Waals surface area (Å²) in [5, 5.41) is 0. The van der Waals surface area contributed by atoms with Gasteiger partial charge >= 0.3 is 0 Å². The van der Waals surface area contributed by atoms with Crippen LogP contribution in [-0.2, 0) is 17.8 Å². The summed E-state index contributed by atoms with van der Waals surface area (Å²) in [5.74, 6) is 0.997. The van der Waals surface area contributed by atoms with E-state index in [9.17, 15) is 4.39 Å². The van der Waals surface area contributed by atoms with Crippen LogP contribution in [0.3, 0.4) is 0 Å². The van der Waals surface area contributed by atoms with Gasteiger partial charge in [-0.2, -0.15) is 0 Å². The van der Waals surface area contributed by atoms with Gasteiger partial charge in [0.2, 0.25) is 0 Å². The van der Waals surface area contributed by atoms with Gasteiger partial charge in [-0.25, -0.2) is 14.4 Å². The first-order valence-corrected chi connectivity index (χ1v) is 8.99. The maximum Gasteiger partial charge on any atom is 0.130 e. The van der Waals surface area contributed by atoms with Gasteiger partial charge in [0, 0.05) is 50.1 Å². The lowest BCUT2D eigenvalue weighted by Gasteiger charge is -2.25. The Bertz CT molecular complexity index is 652. The summed E-state index contributed by atoms with van der Waals surface area (Å²) in [6.45, 7) is 7.41. The number of hydrogen-bond acceptors (Lipinski definition) is 4. The summed E-state index contributed by atoms with van der Waals surface area (Å²) >= 11 is 0. The Balaban J connectivity index is 1.69. The molecule has 1 unspecified atom stereocenters. The van der Waals surface area contributed by atoms with E-state index in [1.807, 2.05) is 24.5 Å². The highest BCUT2D eigenvalue weighted by Gasteiger charge is 2.20. The zero-order valence-electron chi connectivity index (χ0n) is 15.0. The maximum absolute atomic E-state index is 13.2. The van der Waals surface area contributed by atoms with Gasteiger partial charge in [0.1, 0.15) is 11.6 Å². The normalized spacial score (nSPS) is 17.6. The predicted octanol–water partition coefficient (Wildman–Crippen LogP) is 3.92. The van der Waals surface area contributed by atoms with Crippen molar-refractivity contribution in [2.24, 2.45) is 0 Å². The van der Waals surface area contributed by atoms with E-state index in [1.54, 1.807) is 0 Å². The Morgan fingerprint density at radius 2 is 1.80 bits per heavy atom. The highest BCUT2D eigenvalue weighted by molar-refractivity contribution is 5.16. The first kappa shape index (κ1) is 18.0. The highest BCUT2D eigenvalue weighted by atomic mass is 19.1. The molecular formula is C20H26FN3O. The standard InChI is InChI=1S/C20H26FN3O/c1-15(2)20-22-10-17(11-23-20)13-24(14-19-4-3-9-25-19)12-16-5-7-18(21)8-6-16/h5-8,10-11,15,19H,3-4,9,12-14H2,1-2H3. The van der Waals surface area contributed by atoms with Gasteiger partial charge in [-0.3, -0.25) is 4.90 Å². The molecule has 0 bridgehead atoms. The van der Waals surface area contributed by atoms with Crippen LogP contribution >= 0.6 is 0 Å². The second-order valence-electron chi connectivity index (χ2n) is 7.04. The van der Waals surface area contributed by atoms with E-state index >= 15 is 0 Å². The van der Waals surface area contributed by atoms with Crippen LogP contribution in [0.5, 0.6) is 0 Å². The van der Waals surface area contributed by atoms with Crippen LogP contribution in [0.2, 0.25) is 0 Å². The molecule has 134 valence electrons. The fraction of sp³-hybridized carbons (Fsp3) is 0.500. The minimum atomic E-state index is -0.202. The topological polar surface area (TPSA) is 38.2 Å². The van der Waals surface area contributed by atoms with E-state index in [0.29, 0.717) is 5.92 Å². The van der Waals surface area contributed by atoms with Crippen LogP contribution in [0.25, 0.3) is 0 Å². The average Bonchev–Trinajstić information content (AvgIpc) is 3.10. The summed E-state index contributed by atoms with van der Waals surface area (Å²) in [7, 11) is 0. The van der Waals surface area contributed by atoms with Gasteiger partial charge in [-0.05, 0) is 30.5 Å². The van der Waals surface area contributed by atoms with Crippen molar-refractivity contribution in [3.8, 4) is 0 Å². The molecule has 3 rings (SSSR count). The second-order valence-corrected chi connectivity index (χ2v) is 7.04. The molecule has 2 heterocycles. The number of nitrogens with zero attached hydrogens (tertiary/aromatic N) is 3. The van der Waals surface area contributed by atoms with Crippen LogP contribution < -0.4 is 0 Å². The van der Waals surface area contributed by atoms with Crippen LogP contribution in [0.1, 0.15) is 49.6 Å². The molecule has 1 aromatic carbocycles. The Hall–Kier alpha value is -1.85. The Labute approximate surface area is 149 Å². The SMILES string of the molecule is CC(C)c1ncc(CN(Cc2ccc(F)cc2)CC2CCCO2)cn1. The number of aromatic nitrogens is 2. The van der Waals surface area contributed by atoms with Crippen molar-refractivity contribution >= 4 is 0 Å². The van der Waals surface area contributed by atoms with Crippen molar-refractivity contribution < 1.29 is 9.13 Å². The molecule has 1 atom stereocenters. The lowest BCUT2D eigenvalue weighted by atomic mass is 10.1. The quantitative estimate of drug-likeness (QED) is 0.764. The summed E-state index contributed by atoms with van der Waals surface area (Å²) in [5.41, 5.74) is 2.18. The Morgan fingerprint density at radius 3 is 2.40 bits per heavy atom. The number of ether oxygens (including phenoxy) is 1. The molecule has 0 saturated carbocycles. The van der Waals surface area contributed by atoms with Crippen molar-refractivity contribution in [2.75, 3.05) is 13.2 Å². The third kappa shape index (κ3) is 5.31.